The number of sulfonamides is 1. The molecule has 0 spiro atoms. The lowest BCUT2D eigenvalue weighted by Gasteiger charge is -2.14. The van der Waals surface area contributed by atoms with Crippen LogP contribution < -0.4 is 4.72 Å². The number of benzene rings is 1. The van der Waals surface area contributed by atoms with Crippen LogP contribution in [-0.2, 0) is 16.4 Å². The lowest BCUT2D eigenvalue weighted by molar-refractivity contribution is 0.319. The molecule has 0 amide bonds. The van der Waals surface area contributed by atoms with Crippen LogP contribution in [0.15, 0.2) is 24.3 Å². The van der Waals surface area contributed by atoms with E-state index in [-0.39, 0.29) is 18.4 Å². The van der Waals surface area contributed by atoms with Gasteiger partial charge in [0.2, 0.25) is 10.0 Å². The molecule has 1 unspecified atom stereocenters. The number of hydrogen-bond donors (Lipinski definition) is 2. The molecule has 0 saturated carbocycles. The standard InChI is InChI=1S/C16H19N3O3S2/c1-2-4-15-17-18-16(23-15)13-6-3-5-12-11(13)7-8-14(12)19-24(21,22)10-9-20/h2-6,14,19-20H,7-10H2,1H3. The third kappa shape index (κ3) is 3.56. The summed E-state index contributed by atoms with van der Waals surface area (Å²) in [5.41, 5.74) is 3.12. The van der Waals surface area contributed by atoms with Crippen molar-refractivity contribution in [3.05, 3.63) is 40.4 Å². The number of fused-ring (bicyclic) bond motifs is 1. The smallest absolute Gasteiger partial charge is 0.214 e. The molecule has 24 heavy (non-hydrogen) atoms. The van der Waals surface area contributed by atoms with Crippen molar-refractivity contribution in [2.45, 2.75) is 25.8 Å². The summed E-state index contributed by atoms with van der Waals surface area (Å²) in [6.45, 7) is 1.55. The van der Waals surface area contributed by atoms with Crippen LogP contribution in [0.2, 0.25) is 0 Å². The zero-order chi connectivity index (χ0) is 17.2. The van der Waals surface area contributed by atoms with E-state index in [1.165, 1.54) is 11.3 Å². The minimum absolute atomic E-state index is 0.251. The average molecular weight is 365 g/mol. The zero-order valence-corrected chi connectivity index (χ0v) is 14.9. The summed E-state index contributed by atoms with van der Waals surface area (Å²) in [6.07, 6.45) is 5.33. The minimum atomic E-state index is -3.47. The molecular formula is C16H19N3O3S2. The van der Waals surface area contributed by atoms with Gasteiger partial charge in [-0.25, -0.2) is 13.1 Å². The van der Waals surface area contributed by atoms with Gasteiger partial charge < -0.3 is 5.11 Å². The Hall–Kier alpha value is -1.61. The number of allylic oxidation sites excluding steroid dienone is 1. The van der Waals surface area contributed by atoms with Gasteiger partial charge in [-0.15, -0.1) is 10.2 Å². The maximum Gasteiger partial charge on any atom is 0.214 e. The summed E-state index contributed by atoms with van der Waals surface area (Å²) in [5.74, 6) is -0.276. The fraction of sp³-hybridized carbons (Fsp3) is 0.375. The molecule has 1 aliphatic rings. The number of aliphatic hydroxyl groups excluding tert-OH is 1. The van der Waals surface area contributed by atoms with Crippen molar-refractivity contribution < 1.29 is 13.5 Å². The van der Waals surface area contributed by atoms with Gasteiger partial charge in [0.1, 0.15) is 10.0 Å². The number of nitrogens with one attached hydrogen (secondary N) is 1. The first-order valence-electron chi connectivity index (χ1n) is 7.73. The van der Waals surface area contributed by atoms with Crippen molar-refractivity contribution in [2.24, 2.45) is 0 Å². The highest BCUT2D eigenvalue weighted by molar-refractivity contribution is 7.89. The van der Waals surface area contributed by atoms with E-state index in [1.54, 1.807) is 0 Å². The lowest BCUT2D eigenvalue weighted by Crippen LogP contribution is -2.30. The Morgan fingerprint density at radius 1 is 1.42 bits per heavy atom. The Morgan fingerprint density at radius 3 is 3.00 bits per heavy atom. The van der Waals surface area contributed by atoms with Crippen molar-refractivity contribution in [1.82, 2.24) is 14.9 Å². The summed E-state index contributed by atoms with van der Waals surface area (Å²) in [6, 6.07) is 5.62. The minimum Gasteiger partial charge on any atom is -0.395 e. The molecule has 1 aromatic heterocycles. The molecule has 3 rings (SSSR count). The van der Waals surface area contributed by atoms with Crippen LogP contribution in [0.5, 0.6) is 0 Å². The molecule has 0 fully saturated rings. The predicted molar refractivity (Wildman–Crippen MR) is 95.1 cm³/mol. The highest BCUT2D eigenvalue weighted by Gasteiger charge is 2.28. The molecular weight excluding hydrogens is 346 g/mol. The maximum atomic E-state index is 11.9. The van der Waals surface area contributed by atoms with Gasteiger partial charge in [0.05, 0.1) is 12.4 Å². The van der Waals surface area contributed by atoms with Gasteiger partial charge in [-0.1, -0.05) is 35.6 Å². The van der Waals surface area contributed by atoms with Crippen molar-refractivity contribution >= 4 is 27.4 Å². The summed E-state index contributed by atoms with van der Waals surface area (Å²) >= 11 is 1.52. The van der Waals surface area contributed by atoms with Gasteiger partial charge in [-0.2, -0.15) is 0 Å². The maximum absolute atomic E-state index is 11.9. The van der Waals surface area contributed by atoms with Gasteiger partial charge in [0, 0.05) is 11.6 Å². The fourth-order valence-electron chi connectivity index (χ4n) is 2.93. The largest absolute Gasteiger partial charge is 0.395 e. The van der Waals surface area contributed by atoms with Gasteiger partial charge in [-0.05, 0) is 37.0 Å². The highest BCUT2D eigenvalue weighted by atomic mass is 32.2. The van der Waals surface area contributed by atoms with Crippen molar-refractivity contribution in [3.8, 4) is 10.6 Å². The van der Waals surface area contributed by atoms with Crippen molar-refractivity contribution in [3.63, 3.8) is 0 Å². The van der Waals surface area contributed by atoms with E-state index in [0.717, 1.165) is 33.1 Å². The second-order valence-corrected chi connectivity index (χ2v) is 8.45. The molecule has 2 N–H and O–H groups in total. The number of aromatic nitrogens is 2. The first-order chi connectivity index (χ1) is 11.5. The third-order valence-corrected chi connectivity index (χ3v) is 6.22. The molecule has 1 heterocycles. The van der Waals surface area contributed by atoms with E-state index in [9.17, 15) is 8.42 Å². The van der Waals surface area contributed by atoms with Crippen LogP contribution in [0.3, 0.4) is 0 Å². The Balaban J connectivity index is 1.91. The molecule has 1 aromatic carbocycles. The Morgan fingerprint density at radius 2 is 2.25 bits per heavy atom. The topological polar surface area (TPSA) is 92.2 Å². The summed E-state index contributed by atoms with van der Waals surface area (Å²) in [5, 5.41) is 19.0. The Labute approximate surface area is 145 Å². The molecule has 1 aliphatic carbocycles. The SMILES string of the molecule is CC=Cc1nnc(-c2cccc3c2CCC3NS(=O)(=O)CCO)s1. The van der Waals surface area contributed by atoms with Crippen LogP contribution in [0, 0.1) is 0 Å². The third-order valence-electron chi connectivity index (χ3n) is 3.93. The molecule has 0 bridgehead atoms. The Kier molecular flexibility index (Phi) is 5.09. The number of aliphatic hydroxyl groups is 1. The van der Waals surface area contributed by atoms with Gasteiger partial charge >= 0.3 is 0 Å². The molecule has 8 heteroatoms. The zero-order valence-electron chi connectivity index (χ0n) is 13.3. The van der Waals surface area contributed by atoms with E-state index in [4.69, 9.17) is 5.11 Å². The predicted octanol–water partition coefficient (Wildman–Crippen LogP) is 2.14. The molecule has 0 radical (unpaired) electrons. The van der Waals surface area contributed by atoms with Crippen LogP contribution in [-0.4, -0.2) is 36.1 Å². The molecule has 1 atom stereocenters. The summed E-state index contributed by atoms with van der Waals surface area (Å²) in [7, 11) is -3.47. The van der Waals surface area contributed by atoms with Crippen LogP contribution in [0.25, 0.3) is 16.6 Å². The number of nitrogens with zero attached hydrogens (tertiary/aromatic N) is 2. The first-order valence-corrected chi connectivity index (χ1v) is 10.2. The normalized spacial score (nSPS) is 17.5. The van der Waals surface area contributed by atoms with E-state index < -0.39 is 10.0 Å². The number of rotatable bonds is 6. The van der Waals surface area contributed by atoms with Gasteiger partial charge in [-0.3, -0.25) is 0 Å². The fourth-order valence-corrected chi connectivity index (χ4v) is 4.83. The Bertz CT molecular complexity index is 859. The lowest BCUT2D eigenvalue weighted by atomic mass is 10.0. The highest BCUT2D eigenvalue weighted by Crippen LogP contribution is 2.38. The van der Waals surface area contributed by atoms with E-state index in [2.05, 4.69) is 14.9 Å². The number of hydrogen-bond acceptors (Lipinski definition) is 6. The second-order valence-electron chi connectivity index (χ2n) is 5.57. The first kappa shape index (κ1) is 17.2. The van der Waals surface area contributed by atoms with E-state index in [0.29, 0.717) is 6.42 Å². The van der Waals surface area contributed by atoms with Gasteiger partial charge in [0.15, 0.2) is 0 Å². The second kappa shape index (κ2) is 7.10. The van der Waals surface area contributed by atoms with Crippen molar-refractivity contribution in [2.75, 3.05) is 12.4 Å². The molecule has 0 saturated heterocycles. The molecule has 128 valence electrons. The molecule has 2 aromatic rings. The quantitative estimate of drug-likeness (QED) is 0.818. The summed E-state index contributed by atoms with van der Waals surface area (Å²) < 4.78 is 26.5. The summed E-state index contributed by atoms with van der Waals surface area (Å²) in [4.78, 5) is 0. The molecule has 6 nitrogen and oxygen atoms in total. The average Bonchev–Trinajstić information content (AvgIpc) is 3.15. The molecule has 0 aliphatic heterocycles. The van der Waals surface area contributed by atoms with Crippen molar-refractivity contribution in [1.29, 1.82) is 0 Å². The van der Waals surface area contributed by atoms with Gasteiger partial charge in [0.25, 0.3) is 0 Å². The van der Waals surface area contributed by atoms with Crippen LogP contribution in [0.1, 0.15) is 35.5 Å². The van der Waals surface area contributed by atoms with E-state index in [1.807, 2.05) is 37.3 Å². The van der Waals surface area contributed by atoms with Crippen LogP contribution >= 0.6 is 11.3 Å². The van der Waals surface area contributed by atoms with Crippen LogP contribution in [0.4, 0.5) is 0 Å². The van der Waals surface area contributed by atoms with E-state index >= 15 is 0 Å². The monoisotopic (exact) mass is 365 g/mol.